The molecule has 1 aliphatic heterocycles. The Labute approximate surface area is 64.8 Å². The fourth-order valence-corrected chi connectivity index (χ4v) is 1.16. The zero-order chi connectivity index (χ0) is 8.43. The molecule has 0 aromatic heterocycles. The van der Waals surface area contributed by atoms with Crippen LogP contribution < -0.4 is 0 Å². The van der Waals surface area contributed by atoms with Gasteiger partial charge in [0.05, 0.1) is 25.4 Å². The molecule has 1 heterocycles. The van der Waals surface area contributed by atoms with Gasteiger partial charge < -0.3 is 14.9 Å². The molecular formula is C7H13FO3. The van der Waals surface area contributed by atoms with Gasteiger partial charge in [0.2, 0.25) is 0 Å². The lowest BCUT2D eigenvalue weighted by molar-refractivity contribution is -0.138. The van der Waals surface area contributed by atoms with E-state index in [4.69, 9.17) is 9.84 Å². The standard InChI is InChI=1S/C7H13FO3/c1-4-6(8)7(10)5(2-9)3-11-4/h4-7,9-10H,2-3H2,1H3/t4?,5-,6?,7?/m0/s1. The molecule has 0 radical (unpaired) electrons. The zero-order valence-electron chi connectivity index (χ0n) is 6.40. The number of rotatable bonds is 1. The number of hydrogen-bond donors (Lipinski definition) is 2. The Balaban J connectivity index is 2.52. The molecule has 11 heavy (non-hydrogen) atoms. The number of ether oxygens (including phenoxy) is 1. The number of hydrogen-bond acceptors (Lipinski definition) is 3. The minimum atomic E-state index is -1.37. The summed E-state index contributed by atoms with van der Waals surface area (Å²) in [7, 11) is 0. The van der Waals surface area contributed by atoms with Gasteiger partial charge in [-0.25, -0.2) is 4.39 Å². The van der Waals surface area contributed by atoms with Crippen LogP contribution in [0.1, 0.15) is 6.92 Å². The summed E-state index contributed by atoms with van der Waals surface area (Å²) in [6.45, 7) is 1.58. The Morgan fingerprint density at radius 3 is 2.82 bits per heavy atom. The van der Waals surface area contributed by atoms with Crippen LogP contribution in [0.4, 0.5) is 4.39 Å². The molecule has 66 valence electrons. The van der Waals surface area contributed by atoms with Crippen LogP contribution in [0.15, 0.2) is 0 Å². The lowest BCUT2D eigenvalue weighted by atomic mass is 9.95. The number of halogens is 1. The highest BCUT2D eigenvalue weighted by Gasteiger charge is 2.36. The first-order chi connectivity index (χ1) is 5.16. The summed E-state index contributed by atoms with van der Waals surface area (Å²) in [5.74, 6) is -0.471. The fraction of sp³-hybridized carbons (Fsp3) is 1.00. The van der Waals surface area contributed by atoms with Crippen molar-refractivity contribution in [2.75, 3.05) is 13.2 Å². The highest BCUT2D eigenvalue weighted by Crippen LogP contribution is 2.22. The third-order valence-electron chi connectivity index (χ3n) is 2.07. The van der Waals surface area contributed by atoms with E-state index in [0.717, 1.165) is 0 Å². The van der Waals surface area contributed by atoms with Crippen molar-refractivity contribution in [2.24, 2.45) is 5.92 Å². The van der Waals surface area contributed by atoms with Gasteiger partial charge in [-0.05, 0) is 6.92 Å². The van der Waals surface area contributed by atoms with Crippen molar-refractivity contribution in [3.63, 3.8) is 0 Å². The van der Waals surface area contributed by atoms with E-state index in [-0.39, 0.29) is 13.2 Å². The van der Waals surface area contributed by atoms with Crippen LogP contribution in [-0.2, 0) is 4.74 Å². The molecular weight excluding hydrogens is 151 g/mol. The van der Waals surface area contributed by atoms with Gasteiger partial charge >= 0.3 is 0 Å². The van der Waals surface area contributed by atoms with Crippen molar-refractivity contribution in [1.29, 1.82) is 0 Å². The van der Waals surface area contributed by atoms with Crippen LogP contribution >= 0.6 is 0 Å². The van der Waals surface area contributed by atoms with E-state index >= 15 is 0 Å². The summed E-state index contributed by atoms with van der Waals surface area (Å²) in [4.78, 5) is 0. The maximum absolute atomic E-state index is 12.9. The Hall–Kier alpha value is -0.190. The minimum absolute atomic E-state index is 0.228. The summed E-state index contributed by atoms with van der Waals surface area (Å²) in [5, 5.41) is 17.9. The SMILES string of the molecule is CC1OC[C@H](CO)C(O)C1F. The first-order valence-corrected chi connectivity index (χ1v) is 3.71. The molecule has 0 spiro atoms. The molecule has 0 aromatic carbocycles. The molecule has 4 heteroatoms. The second-order valence-electron chi connectivity index (χ2n) is 2.92. The van der Waals surface area contributed by atoms with Gasteiger partial charge in [-0.3, -0.25) is 0 Å². The average Bonchev–Trinajstić information content (AvgIpc) is 2.01. The fourth-order valence-electron chi connectivity index (χ4n) is 1.16. The molecule has 1 fully saturated rings. The third kappa shape index (κ3) is 1.69. The van der Waals surface area contributed by atoms with Crippen LogP contribution in [0.2, 0.25) is 0 Å². The molecule has 0 bridgehead atoms. The third-order valence-corrected chi connectivity index (χ3v) is 2.07. The predicted octanol–water partition coefficient (Wildman–Crippen LogP) is -0.287. The van der Waals surface area contributed by atoms with E-state index in [9.17, 15) is 9.50 Å². The van der Waals surface area contributed by atoms with Crippen LogP contribution in [0.3, 0.4) is 0 Å². The molecule has 0 aromatic rings. The van der Waals surface area contributed by atoms with E-state index < -0.39 is 24.3 Å². The van der Waals surface area contributed by atoms with Gasteiger partial charge in [-0.1, -0.05) is 0 Å². The molecule has 1 aliphatic rings. The number of alkyl halides is 1. The maximum atomic E-state index is 12.9. The topological polar surface area (TPSA) is 49.7 Å². The first kappa shape index (κ1) is 8.90. The Morgan fingerprint density at radius 1 is 1.64 bits per heavy atom. The van der Waals surface area contributed by atoms with Crippen molar-refractivity contribution < 1.29 is 19.3 Å². The summed E-state index contributed by atoms with van der Waals surface area (Å²) in [6, 6.07) is 0. The van der Waals surface area contributed by atoms with E-state index in [1.54, 1.807) is 6.92 Å². The lowest BCUT2D eigenvalue weighted by Crippen LogP contribution is -2.47. The molecule has 0 saturated carbocycles. The quantitative estimate of drug-likeness (QED) is 0.560. The van der Waals surface area contributed by atoms with Crippen LogP contribution in [0.5, 0.6) is 0 Å². The molecule has 3 nitrogen and oxygen atoms in total. The van der Waals surface area contributed by atoms with Gasteiger partial charge in [0, 0.05) is 5.92 Å². The number of aliphatic hydroxyl groups is 2. The molecule has 1 rings (SSSR count). The second-order valence-corrected chi connectivity index (χ2v) is 2.92. The van der Waals surface area contributed by atoms with Gasteiger partial charge in [0.1, 0.15) is 0 Å². The summed E-state index contributed by atoms with van der Waals surface area (Å²) in [6.07, 6.45) is -3.02. The Morgan fingerprint density at radius 2 is 2.27 bits per heavy atom. The summed E-state index contributed by atoms with van der Waals surface area (Å²) >= 11 is 0. The predicted molar refractivity (Wildman–Crippen MR) is 36.9 cm³/mol. The van der Waals surface area contributed by atoms with Crippen molar-refractivity contribution in [1.82, 2.24) is 0 Å². The monoisotopic (exact) mass is 164 g/mol. The van der Waals surface area contributed by atoms with Gasteiger partial charge in [0.15, 0.2) is 6.17 Å². The molecule has 2 N–H and O–H groups in total. The average molecular weight is 164 g/mol. The maximum Gasteiger partial charge on any atom is 0.152 e. The van der Waals surface area contributed by atoms with Gasteiger partial charge in [-0.15, -0.1) is 0 Å². The molecule has 4 atom stereocenters. The van der Waals surface area contributed by atoms with Crippen molar-refractivity contribution in [3.8, 4) is 0 Å². The summed E-state index contributed by atoms with van der Waals surface area (Å²) < 4.78 is 17.9. The molecule has 3 unspecified atom stereocenters. The van der Waals surface area contributed by atoms with Crippen molar-refractivity contribution in [3.05, 3.63) is 0 Å². The van der Waals surface area contributed by atoms with Gasteiger partial charge in [-0.2, -0.15) is 0 Å². The summed E-state index contributed by atoms with van der Waals surface area (Å²) in [5.41, 5.74) is 0. The van der Waals surface area contributed by atoms with Crippen molar-refractivity contribution in [2.45, 2.75) is 25.3 Å². The van der Waals surface area contributed by atoms with Gasteiger partial charge in [0.25, 0.3) is 0 Å². The molecule has 1 saturated heterocycles. The Bertz CT molecular complexity index is 129. The molecule has 0 aliphatic carbocycles. The highest BCUT2D eigenvalue weighted by molar-refractivity contribution is 4.84. The zero-order valence-corrected chi connectivity index (χ0v) is 6.40. The Kier molecular flexibility index (Phi) is 2.81. The van der Waals surface area contributed by atoms with E-state index in [1.165, 1.54) is 0 Å². The van der Waals surface area contributed by atoms with Crippen LogP contribution in [-0.4, -0.2) is 41.8 Å². The van der Waals surface area contributed by atoms with E-state index in [0.29, 0.717) is 0 Å². The van der Waals surface area contributed by atoms with Crippen LogP contribution in [0.25, 0.3) is 0 Å². The van der Waals surface area contributed by atoms with Crippen molar-refractivity contribution >= 4 is 0 Å². The smallest absolute Gasteiger partial charge is 0.152 e. The highest BCUT2D eigenvalue weighted by atomic mass is 19.1. The molecule has 0 amide bonds. The van der Waals surface area contributed by atoms with E-state index in [1.807, 2.05) is 0 Å². The first-order valence-electron chi connectivity index (χ1n) is 3.71. The number of aliphatic hydroxyl groups excluding tert-OH is 2. The second kappa shape index (κ2) is 3.47. The van der Waals surface area contributed by atoms with Crippen LogP contribution in [0, 0.1) is 5.92 Å². The lowest BCUT2D eigenvalue weighted by Gasteiger charge is -2.33. The minimum Gasteiger partial charge on any atom is -0.396 e. The largest absolute Gasteiger partial charge is 0.396 e. The van der Waals surface area contributed by atoms with E-state index in [2.05, 4.69) is 0 Å². The normalized spacial score (nSPS) is 45.8.